The Bertz CT molecular complexity index is 1010. The number of hydrogen-bond donors (Lipinski definition) is 1. The summed E-state index contributed by atoms with van der Waals surface area (Å²) >= 11 is 6.10. The normalized spacial score (nSPS) is 22.2. The van der Waals surface area contributed by atoms with Crippen molar-refractivity contribution in [3.63, 3.8) is 0 Å². The number of halogens is 1. The third-order valence-corrected chi connectivity index (χ3v) is 7.82. The Hall–Kier alpha value is -2.40. The topological polar surface area (TPSA) is 57.7 Å². The predicted molar refractivity (Wildman–Crippen MR) is 131 cm³/mol. The Labute approximate surface area is 195 Å². The van der Waals surface area contributed by atoms with Gasteiger partial charge < -0.3 is 4.90 Å². The maximum atomic E-state index is 6.10. The van der Waals surface area contributed by atoms with Gasteiger partial charge in [0.1, 0.15) is 5.82 Å². The fourth-order valence-electron chi connectivity index (χ4n) is 5.53. The average Bonchev–Trinajstić information content (AvgIpc) is 3.35. The summed E-state index contributed by atoms with van der Waals surface area (Å²) in [6.07, 6.45) is 11.6. The highest BCUT2D eigenvalue weighted by Crippen LogP contribution is 2.39. The molecule has 5 rings (SSSR count). The molecule has 2 aliphatic rings. The van der Waals surface area contributed by atoms with E-state index in [0.29, 0.717) is 16.7 Å². The summed E-state index contributed by atoms with van der Waals surface area (Å²) in [6, 6.07) is 11.8. The lowest BCUT2D eigenvalue weighted by Gasteiger charge is -2.39. The van der Waals surface area contributed by atoms with Crippen LogP contribution >= 0.6 is 11.6 Å². The molecule has 168 valence electrons. The van der Waals surface area contributed by atoms with E-state index in [9.17, 15) is 0 Å². The van der Waals surface area contributed by atoms with Gasteiger partial charge in [-0.3, -0.25) is 5.10 Å². The summed E-state index contributed by atoms with van der Waals surface area (Å²) in [6.45, 7) is 4.58. The van der Waals surface area contributed by atoms with Crippen LogP contribution in [0.4, 0.5) is 5.82 Å². The molecule has 1 saturated heterocycles. The number of piperidine rings is 1. The molecule has 6 heteroatoms. The second-order valence-corrected chi connectivity index (χ2v) is 9.87. The van der Waals surface area contributed by atoms with Gasteiger partial charge in [-0.2, -0.15) is 5.10 Å². The first kappa shape index (κ1) is 21.4. The molecule has 1 aromatic carbocycles. The maximum Gasteiger partial charge on any atom is 0.183 e. The highest BCUT2D eigenvalue weighted by molar-refractivity contribution is 6.30. The zero-order valence-electron chi connectivity index (χ0n) is 18.8. The molecule has 2 aromatic heterocycles. The molecule has 0 unspecified atom stereocenters. The number of benzene rings is 1. The fourth-order valence-corrected chi connectivity index (χ4v) is 5.72. The molecule has 1 aliphatic carbocycles. The van der Waals surface area contributed by atoms with E-state index in [1.165, 1.54) is 44.9 Å². The summed E-state index contributed by atoms with van der Waals surface area (Å²) < 4.78 is 0. The molecular formula is C26H32ClN5. The Morgan fingerprint density at radius 3 is 2.44 bits per heavy atom. The molecule has 0 spiro atoms. The minimum Gasteiger partial charge on any atom is -0.357 e. The van der Waals surface area contributed by atoms with Gasteiger partial charge in [-0.05, 0) is 67.7 Å². The van der Waals surface area contributed by atoms with Gasteiger partial charge in [0.2, 0.25) is 0 Å². The van der Waals surface area contributed by atoms with E-state index in [1.54, 1.807) is 0 Å². The van der Waals surface area contributed by atoms with Crippen LogP contribution in [-0.4, -0.2) is 33.3 Å². The van der Waals surface area contributed by atoms with Gasteiger partial charge in [0.05, 0.1) is 0 Å². The Kier molecular flexibility index (Phi) is 6.44. The lowest BCUT2D eigenvalue weighted by atomic mass is 9.72. The van der Waals surface area contributed by atoms with Gasteiger partial charge in [-0.25, -0.2) is 9.97 Å². The van der Waals surface area contributed by atoms with Crippen LogP contribution in [-0.2, 0) is 0 Å². The van der Waals surface area contributed by atoms with Crippen molar-refractivity contribution >= 4 is 17.4 Å². The van der Waals surface area contributed by atoms with Crippen molar-refractivity contribution in [3.05, 3.63) is 47.6 Å². The zero-order valence-corrected chi connectivity index (χ0v) is 19.6. The summed E-state index contributed by atoms with van der Waals surface area (Å²) in [5.41, 5.74) is 1.84. The number of pyridine rings is 1. The summed E-state index contributed by atoms with van der Waals surface area (Å²) in [7, 11) is 0. The largest absolute Gasteiger partial charge is 0.357 e. The quantitative estimate of drug-likeness (QED) is 0.475. The number of hydrogen-bond acceptors (Lipinski definition) is 4. The first-order valence-electron chi connectivity index (χ1n) is 12.1. The van der Waals surface area contributed by atoms with E-state index in [2.05, 4.69) is 39.1 Å². The molecule has 0 atom stereocenters. The smallest absolute Gasteiger partial charge is 0.183 e. The van der Waals surface area contributed by atoms with Gasteiger partial charge >= 0.3 is 0 Å². The molecule has 32 heavy (non-hydrogen) atoms. The van der Waals surface area contributed by atoms with Crippen molar-refractivity contribution in [2.24, 2.45) is 17.8 Å². The summed E-state index contributed by atoms with van der Waals surface area (Å²) in [4.78, 5) is 11.8. The summed E-state index contributed by atoms with van der Waals surface area (Å²) in [5, 5.41) is 8.07. The number of anilines is 1. The van der Waals surface area contributed by atoms with Crippen LogP contribution in [0.5, 0.6) is 0 Å². The van der Waals surface area contributed by atoms with E-state index in [4.69, 9.17) is 16.6 Å². The van der Waals surface area contributed by atoms with Crippen molar-refractivity contribution in [2.45, 2.75) is 51.9 Å². The molecule has 1 N–H and O–H groups in total. The first-order valence-corrected chi connectivity index (χ1v) is 12.5. The fraction of sp³-hybridized carbons (Fsp3) is 0.500. The van der Waals surface area contributed by atoms with E-state index in [-0.39, 0.29) is 0 Å². The Morgan fingerprint density at radius 1 is 0.969 bits per heavy atom. The van der Waals surface area contributed by atoms with Crippen molar-refractivity contribution in [1.82, 2.24) is 20.2 Å². The number of H-pyrrole nitrogens is 1. The SMILES string of the molecule is CCC1CCC(C2CCN(c3ccc(-c4n[nH]c(-c5cccc(Cl)c5)n4)cn3)CC2)CC1. The van der Waals surface area contributed by atoms with Crippen LogP contribution < -0.4 is 4.90 Å². The van der Waals surface area contributed by atoms with Gasteiger partial charge in [-0.1, -0.05) is 49.9 Å². The lowest BCUT2D eigenvalue weighted by Crippen LogP contribution is -2.37. The van der Waals surface area contributed by atoms with Crippen molar-refractivity contribution in [3.8, 4) is 22.8 Å². The molecule has 1 aliphatic heterocycles. The van der Waals surface area contributed by atoms with Gasteiger partial charge in [0.25, 0.3) is 0 Å². The second-order valence-electron chi connectivity index (χ2n) is 9.44. The van der Waals surface area contributed by atoms with Crippen LogP contribution in [0.3, 0.4) is 0 Å². The van der Waals surface area contributed by atoms with Crippen molar-refractivity contribution in [1.29, 1.82) is 0 Å². The van der Waals surface area contributed by atoms with Crippen molar-refractivity contribution < 1.29 is 0 Å². The van der Waals surface area contributed by atoms with Gasteiger partial charge in [0.15, 0.2) is 11.6 Å². The van der Waals surface area contributed by atoms with E-state index in [0.717, 1.165) is 47.8 Å². The van der Waals surface area contributed by atoms with Crippen LogP contribution in [0.1, 0.15) is 51.9 Å². The standard InChI is InChI=1S/C26H32ClN5/c1-2-18-6-8-19(9-7-18)20-12-14-32(15-13-20)24-11-10-22(17-28-24)26-29-25(30-31-26)21-4-3-5-23(27)16-21/h3-5,10-11,16-20H,2,6-9,12-15H2,1H3,(H,29,30,31). The van der Waals surface area contributed by atoms with E-state index in [1.807, 2.05) is 30.5 Å². The molecule has 0 amide bonds. The monoisotopic (exact) mass is 449 g/mol. The Balaban J connectivity index is 1.19. The lowest BCUT2D eigenvalue weighted by molar-refractivity contribution is 0.177. The van der Waals surface area contributed by atoms with Crippen LogP contribution in [0.25, 0.3) is 22.8 Å². The summed E-state index contributed by atoms with van der Waals surface area (Å²) in [5.74, 6) is 5.27. The number of nitrogens with zero attached hydrogens (tertiary/aromatic N) is 4. The third kappa shape index (κ3) is 4.68. The third-order valence-electron chi connectivity index (χ3n) is 7.59. The van der Waals surface area contributed by atoms with E-state index >= 15 is 0 Å². The van der Waals surface area contributed by atoms with Crippen LogP contribution in [0.2, 0.25) is 5.02 Å². The minimum atomic E-state index is 0.653. The predicted octanol–water partition coefficient (Wildman–Crippen LogP) is 6.62. The molecule has 3 aromatic rings. The second kappa shape index (κ2) is 9.62. The van der Waals surface area contributed by atoms with Crippen LogP contribution in [0, 0.1) is 17.8 Å². The first-order chi connectivity index (χ1) is 15.7. The zero-order chi connectivity index (χ0) is 21.9. The van der Waals surface area contributed by atoms with E-state index < -0.39 is 0 Å². The number of aromatic nitrogens is 4. The molecule has 2 fully saturated rings. The average molecular weight is 450 g/mol. The molecule has 5 nitrogen and oxygen atoms in total. The van der Waals surface area contributed by atoms with Crippen molar-refractivity contribution in [2.75, 3.05) is 18.0 Å². The minimum absolute atomic E-state index is 0.653. The van der Waals surface area contributed by atoms with Gasteiger partial charge in [-0.15, -0.1) is 0 Å². The number of aromatic amines is 1. The van der Waals surface area contributed by atoms with Gasteiger partial charge in [0, 0.05) is 35.4 Å². The van der Waals surface area contributed by atoms with Crippen LogP contribution in [0.15, 0.2) is 42.6 Å². The maximum absolute atomic E-state index is 6.10. The number of rotatable bonds is 5. The highest BCUT2D eigenvalue weighted by Gasteiger charge is 2.30. The molecule has 0 radical (unpaired) electrons. The molecule has 3 heterocycles. The molecular weight excluding hydrogens is 418 g/mol. The molecule has 1 saturated carbocycles. The molecule has 0 bridgehead atoms. The number of nitrogens with one attached hydrogen (secondary N) is 1. The highest BCUT2D eigenvalue weighted by atomic mass is 35.5. The Morgan fingerprint density at radius 2 is 1.75 bits per heavy atom.